The summed E-state index contributed by atoms with van der Waals surface area (Å²) in [7, 11) is 0. The van der Waals surface area contributed by atoms with Crippen LogP contribution in [0.3, 0.4) is 0 Å². The molecule has 0 radical (unpaired) electrons. The van der Waals surface area contributed by atoms with Crippen LogP contribution in [0.5, 0.6) is 0 Å². The molecule has 20 heavy (non-hydrogen) atoms. The van der Waals surface area contributed by atoms with Gasteiger partial charge >= 0.3 is 5.97 Å². The van der Waals surface area contributed by atoms with Gasteiger partial charge in [-0.15, -0.1) is 0 Å². The van der Waals surface area contributed by atoms with E-state index in [9.17, 15) is 9.59 Å². The lowest BCUT2D eigenvalue weighted by atomic mass is 10.1. The molecule has 0 aromatic heterocycles. The van der Waals surface area contributed by atoms with Gasteiger partial charge in [0.2, 0.25) is 5.91 Å². The van der Waals surface area contributed by atoms with Gasteiger partial charge in [-0.2, -0.15) is 0 Å². The normalized spacial score (nSPS) is 11.7. The van der Waals surface area contributed by atoms with Crippen molar-refractivity contribution >= 4 is 11.9 Å². The Morgan fingerprint density at radius 2 is 1.75 bits per heavy atom. The lowest BCUT2D eigenvalue weighted by Gasteiger charge is -2.19. The Bertz CT molecular complexity index is 417. The zero-order valence-electron chi connectivity index (χ0n) is 12.2. The molecule has 0 aliphatic heterocycles. The van der Waals surface area contributed by atoms with Crippen molar-refractivity contribution in [1.82, 2.24) is 5.32 Å². The number of carbonyl (C=O) groups is 2. The maximum Gasteiger partial charge on any atom is 0.306 e. The average Bonchev–Trinajstić information content (AvgIpc) is 2.45. The monoisotopic (exact) mass is 277 g/mol. The molecule has 1 aromatic rings. The van der Waals surface area contributed by atoms with E-state index in [4.69, 9.17) is 4.74 Å². The number of ether oxygens (including phenoxy) is 1. The predicted molar refractivity (Wildman–Crippen MR) is 78.1 cm³/mol. The standard InChI is InChI=1S/C16H23NO3/c1-3-8-15(18)17-12-14(20-16(19)9-4-2)13-10-6-5-7-11-13/h5-7,10-11,14H,3-4,8-9,12H2,1-2H3,(H,17,18)/t14-/m0/s1. The number of rotatable bonds is 8. The highest BCUT2D eigenvalue weighted by Gasteiger charge is 2.17. The summed E-state index contributed by atoms with van der Waals surface area (Å²) >= 11 is 0. The molecule has 0 heterocycles. The van der Waals surface area contributed by atoms with Crippen molar-refractivity contribution in [3.05, 3.63) is 35.9 Å². The molecule has 0 saturated heterocycles. The Labute approximate surface area is 120 Å². The summed E-state index contributed by atoms with van der Waals surface area (Å²) < 4.78 is 5.45. The number of carbonyl (C=O) groups excluding carboxylic acids is 2. The molecule has 0 fully saturated rings. The lowest BCUT2D eigenvalue weighted by molar-refractivity contribution is -0.150. The van der Waals surface area contributed by atoms with Crippen molar-refractivity contribution in [3.8, 4) is 0 Å². The van der Waals surface area contributed by atoms with Crippen molar-refractivity contribution in [2.75, 3.05) is 6.54 Å². The van der Waals surface area contributed by atoms with Crippen LogP contribution < -0.4 is 5.32 Å². The summed E-state index contributed by atoms with van der Waals surface area (Å²) in [6.07, 6.45) is 2.02. The third-order valence-electron chi connectivity index (χ3n) is 2.86. The fraction of sp³-hybridized carbons (Fsp3) is 0.500. The molecule has 4 nitrogen and oxygen atoms in total. The summed E-state index contributed by atoms with van der Waals surface area (Å²) in [6, 6.07) is 9.49. The minimum absolute atomic E-state index is 0.0139. The van der Waals surface area contributed by atoms with Crippen LogP contribution in [0.2, 0.25) is 0 Å². The topological polar surface area (TPSA) is 55.4 Å². The Morgan fingerprint density at radius 1 is 1.10 bits per heavy atom. The fourth-order valence-corrected chi connectivity index (χ4v) is 1.84. The van der Waals surface area contributed by atoms with E-state index in [1.54, 1.807) is 0 Å². The lowest BCUT2D eigenvalue weighted by Crippen LogP contribution is -2.30. The molecule has 4 heteroatoms. The average molecular weight is 277 g/mol. The molecule has 1 aromatic carbocycles. The molecule has 1 rings (SSSR count). The third-order valence-corrected chi connectivity index (χ3v) is 2.86. The highest BCUT2D eigenvalue weighted by molar-refractivity contribution is 5.76. The van der Waals surface area contributed by atoms with Crippen molar-refractivity contribution in [3.63, 3.8) is 0 Å². The molecule has 0 aliphatic carbocycles. The number of esters is 1. The number of amides is 1. The van der Waals surface area contributed by atoms with Crippen LogP contribution >= 0.6 is 0 Å². The Morgan fingerprint density at radius 3 is 2.35 bits per heavy atom. The van der Waals surface area contributed by atoms with Crippen molar-refractivity contribution < 1.29 is 14.3 Å². The number of nitrogens with one attached hydrogen (secondary N) is 1. The summed E-state index contributed by atoms with van der Waals surface area (Å²) in [5.41, 5.74) is 0.897. The maximum atomic E-state index is 11.7. The Hall–Kier alpha value is -1.84. The van der Waals surface area contributed by atoms with Crippen LogP contribution in [0.4, 0.5) is 0 Å². The zero-order chi connectivity index (χ0) is 14.8. The quantitative estimate of drug-likeness (QED) is 0.743. The summed E-state index contributed by atoms with van der Waals surface area (Å²) in [5, 5.41) is 2.81. The van der Waals surface area contributed by atoms with E-state index in [1.165, 1.54) is 0 Å². The summed E-state index contributed by atoms with van der Waals surface area (Å²) in [6.45, 7) is 4.20. The molecule has 0 bridgehead atoms. The van der Waals surface area contributed by atoms with Gasteiger partial charge in [-0.25, -0.2) is 0 Å². The smallest absolute Gasteiger partial charge is 0.306 e. The van der Waals surface area contributed by atoms with E-state index >= 15 is 0 Å². The van der Waals surface area contributed by atoms with Gasteiger partial charge in [-0.1, -0.05) is 44.2 Å². The molecule has 0 aliphatic rings. The van der Waals surface area contributed by atoms with E-state index in [0.29, 0.717) is 19.4 Å². The van der Waals surface area contributed by atoms with Crippen LogP contribution in [0.15, 0.2) is 30.3 Å². The second-order valence-electron chi connectivity index (χ2n) is 4.69. The number of hydrogen-bond acceptors (Lipinski definition) is 3. The van der Waals surface area contributed by atoms with Crippen LogP contribution in [0, 0.1) is 0 Å². The van der Waals surface area contributed by atoms with E-state index < -0.39 is 6.10 Å². The van der Waals surface area contributed by atoms with Crippen LogP contribution in [-0.2, 0) is 14.3 Å². The largest absolute Gasteiger partial charge is 0.456 e. The molecule has 1 amide bonds. The van der Waals surface area contributed by atoms with Gasteiger partial charge in [0.25, 0.3) is 0 Å². The third kappa shape index (κ3) is 5.87. The SMILES string of the molecule is CCCC(=O)NC[C@H](OC(=O)CCC)c1ccccc1. The van der Waals surface area contributed by atoms with Gasteiger partial charge in [0.05, 0.1) is 6.54 Å². The predicted octanol–water partition coefficient (Wildman–Crippen LogP) is 2.99. The van der Waals surface area contributed by atoms with Gasteiger partial charge in [-0.05, 0) is 18.4 Å². The van der Waals surface area contributed by atoms with Crippen LogP contribution in [0.1, 0.15) is 51.2 Å². The van der Waals surface area contributed by atoms with Gasteiger partial charge in [0.15, 0.2) is 0 Å². The summed E-state index contributed by atoms with van der Waals surface area (Å²) in [4.78, 5) is 23.2. The van der Waals surface area contributed by atoms with Gasteiger partial charge < -0.3 is 10.1 Å². The first kappa shape index (κ1) is 16.2. The number of benzene rings is 1. The van der Waals surface area contributed by atoms with Crippen LogP contribution in [0.25, 0.3) is 0 Å². The zero-order valence-corrected chi connectivity index (χ0v) is 12.2. The molecule has 0 unspecified atom stereocenters. The first-order valence-electron chi connectivity index (χ1n) is 7.18. The molecule has 1 atom stereocenters. The number of hydrogen-bond donors (Lipinski definition) is 1. The molecule has 110 valence electrons. The second-order valence-corrected chi connectivity index (χ2v) is 4.69. The summed E-state index contributed by atoms with van der Waals surface area (Å²) in [5.74, 6) is -0.244. The first-order chi connectivity index (χ1) is 9.67. The molecule has 1 N–H and O–H groups in total. The van der Waals surface area contributed by atoms with Crippen molar-refractivity contribution in [2.45, 2.75) is 45.6 Å². The minimum atomic E-state index is -0.420. The van der Waals surface area contributed by atoms with Crippen molar-refractivity contribution in [1.29, 1.82) is 0 Å². The second kappa shape index (κ2) is 9.13. The van der Waals surface area contributed by atoms with E-state index in [1.807, 2.05) is 44.2 Å². The fourth-order valence-electron chi connectivity index (χ4n) is 1.84. The molecule has 0 spiro atoms. The van der Waals surface area contributed by atoms with E-state index in [2.05, 4.69) is 5.32 Å². The molecular weight excluding hydrogens is 254 g/mol. The Balaban J connectivity index is 2.64. The van der Waals surface area contributed by atoms with Gasteiger partial charge in [0.1, 0.15) is 6.10 Å². The first-order valence-corrected chi connectivity index (χ1v) is 7.18. The van der Waals surface area contributed by atoms with Crippen molar-refractivity contribution in [2.24, 2.45) is 0 Å². The Kier molecular flexibility index (Phi) is 7.40. The highest BCUT2D eigenvalue weighted by atomic mass is 16.5. The molecule has 0 saturated carbocycles. The van der Waals surface area contributed by atoms with Gasteiger partial charge in [-0.3, -0.25) is 9.59 Å². The van der Waals surface area contributed by atoms with Crippen LogP contribution in [-0.4, -0.2) is 18.4 Å². The van der Waals surface area contributed by atoms with E-state index in [0.717, 1.165) is 18.4 Å². The highest BCUT2D eigenvalue weighted by Crippen LogP contribution is 2.17. The molecular formula is C16H23NO3. The maximum absolute atomic E-state index is 11.7. The van der Waals surface area contributed by atoms with Gasteiger partial charge in [0, 0.05) is 12.8 Å². The minimum Gasteiger partial charge on any atom is -0.456 e. The van der Waals surface area contributed by atoms with E-state index in [-0.39, 0.29) is 11.9 Å².